The summed E-state index contributed by atoms with van der Waals surface area (Å²) in [5.74, 6) is 0. The van der Waals surface area contributed by atoms with Crippen LogP contribution in [0.25, 0.3) is 0 Å². The third-order valence-electron chi connectivity index (χ3n) is 3.45. The Labute approximate surface area is 153 Å². The Morgan fingerprint density at radius 2 is 1.19 bits per heavy atom. The SMILES string of the molecule is CN(C)c1ccc2c(c1)Sc1cc(N(C)C)ccc1N2.[Na]. The van der Waals surface area contributed by atoms with Crippen molar-refractivity contribution < 1.29 is 0 Å². The van der Waals surface area contributed by atoms with E-state index in [1.54, 1.807) is 0 Å². The third-order valence-corrected chi connectivity index (χ3v) is 4.57. The minimum Gasteiger partial charge on any atom is -0.378 e. The second kappa shape index (κ2) is 6.53. The van der Waals surface area contributed by atoms with Crippen LogP contribution in [0.2, 0.25) is 0 Å². The van der Waals surface area contributed by atoms with Crippen LogP contribution in [-0.4, -0.2) is 57.7 Å². The van der Waals surface area contributed by atoms with Gasteiger partial charge < -0.3 is 15.1 Å². The average molecular weight is 308 g/mol. The fourth-order valence-corrected chi connectivity index (χ4v) is 3.27. The summed E-state index contributed by atoms with van der Waals surface area (Å²) >= 11 is 1.83. The van der Waals surface area contributed by atoms with Crippen LogP contribution in [0.1, 0.15) is 0 Å². The molecule has 1 radical (unpaired) electrons. The van der Waals surface area contributed by atoms with Gasteiger partial charge in [0.25, 0.3) is 0 Å². The monoisotopic (exact) mass is 308 g/mol. The van der Waals surface area contributed by atoms with Gasteiger partial charge in [0.1, 0.15) is 0 Å². The molecule has 0 aromatic heterocycles. The van der Waals surface area contributed by atoms with E-state index >= 15 is 0 Å². The summed E-state index contributed by atoms with van der Waals surface area (Å²) in [5.41, 5.74) is 4.83. The van der Waals surface area contributed by atoms with Crippen molar-refractivity contribution in [2.75, 3.05) is 43.3 Å². The Morgan fingerprint density at radius 1 is 0.762 bits per heavy atom. The summed E-state index contributed by atoms with van der Waals surface area (Å²) in [5, 5.41) is 3.51. The number of nitrogens with one attached hydrogen (secondary N) is 1. The first-order valence-corrected chi connectivity index (χ1v) is 7.44. The predicted octanol–water partition coefficient (Wildman–Crippen LogP) is 3.65. The first kappa shape index (κ1) is 16.6. The second-order valence-corrected chi connectivity index (χ2v) is 6.46. The van der Waals surface area contributed by atoms with Crippen molar-refractivity contribution in [3.05, 3.63) is 36.4 Å². The summed E-state index contributed by atoms with van der Waals surface area (Å²) < 4.78 is 0. The number of rotatable bonds is 2. The average Bonchev–Trinajstić information content (AvgIpc) is 2.43. The van der Waals surface area contributed by atoms with Gasteiger partial charge in [0, 0.05) is 78.9 Å². The first-order chi connectivity index (χ1) is 9.54. The quantitative estimate of drug-likeness (QED) is 0.728. The van der Waals surface area contributed by atoms with E-state index in [2.05, 4.69) is 79.7 Å². The molecule has 0 atom stereocenters. The zero-order valence-corrected chi connectivity index (χ0v) is 16.1. The van der Waals surface area contributed by atoms with Crippen LogP contribution in [-0.2, 0) is 0 Å². The van der Waals surface area contributed by atoms with Gasteiger partial charge in [-0.15, -0.1) is 0 Å². The van der Waals surface area contributed by atoms with Crippen molar-refractivity contribution in [3.63, 3.8) is 0 Å². The summed E-state index contributed by atoms with van der Waals surface area (Å²) in [7, 11) is 8.28. The first-order valence-electron chi connectivity index (χ1n) is 6.62. The molecule has 0 fully saturated rings. The topological polar surface area (TPSA) is 18.5 Å². The fourth-order valence-electron chi connectivity index (χ4n) is 2.22. The molecule has 0 aliphatic carbocycles. The Morgan fingerprint density at radius 3 is 1.57 bits per heavy atom. The van der Waals surface area contributed by atoms with Crippen LogP contribution in [0, 0.1) is 0 Å². The number of hydrogen-bond acceptors (Lipinski definition) is 4. The molecule has 1 heterocycles. The molecule has 5 heteroatoms. The Hall–Kier alpha value is -0.810. The standard InChI is InChI=1S/C16H19N3S.Na/c1-18(2)11-5-7-13-15(9-11)20-16-10-12(19(3)4)6-8-14(16)17-13;/h5-10,17H,1-4H3;. The molecule has 0 saturated heterocycles. The van der Waals surface area contributed by atoms with Gasteiger partial charge in [-0.3, -0.25) is 0 Å². The van der Waals surface area contributed by atoms with Gasteiger partial charge in [-0.25, -0.2) is 0 Å². The fraction of sp³-hybridized carbons (Fsp3) is 0.250. The minimum atomic E-state index is 0. The van der Waals surface area contributed by atoms with E-state index in [1.807, 2.05) is 11.8 Å². The van der Waals surface area contributed by atoms with E-state index in [0.717, 1.165) is 0 Å². The Bertz CT molecular complexity index is 600. The van der Waals surface area contributed by atoms with Crippen molar-refractivity contribution in [1.29, 1.82) is 0 Å². The predicted molar refractivity (Wildman–Crippen MR) is 94.7 cm³/mol. The molecular formula is C16H19N3NaS. The number of nitrogens with zero attached hydrogens (tertiary/aromatic N) is 2. The molecule has 1 N–H and O–H groups in total. The molecule has 1 aliphatic rings. The molecule has 0 unspecified atom stereocenters. The van der Waals surface area contributed by atoms with Crippen molar-refractivity contribution in [1.82, 2.24) is 0 Å². The summed E-state index contributed by atoms with van der Waals surface area (Å²) in [6.07, 6.45) is 0. The van der Waals surface area contributed by atoms with Gasteiger partial charge >= 0.3 is 0 Å². The van der Waals surface area contributed by atoms with Gasteiger partial charge in [0.15, 0.2) is 0 Å². The molecule has 1 aliphatic heterocycles. The molecule has 2 aromatic rings. The summed E-state index contributed by atoms with van der Waals surface area (Å²) in [4.78, 5) is 6.82. The van der Waals surface area contributed by atoms with Crippen LogP contribution >= 0.6 is 11.8 Å². The molecule has 0 bridgehead atoms. The van der Waals surface area contributed by atoms with Crippen molar-refractivity contribution in [2.45, 2.75) is 9.79 Å². The van der Waals surface area contributed by atoms with Gasteiger partial charge in [0.05, 0.1) is 11.4 Å². The molecule has 2 aromatic carbocycles. The maximum Gasteiger partial charge on any atom is 0.0527 e. The van der Waals surface area contributed by atoms with Gasteiger partial charge in [-0.1, -0.05) is 11.8 Å². The van der Waals surface area contributed by atoms with Crippen LogP contribution in [0.4, 0.5) is 22.7 Å². The van der Waals surface area contributed by atoms with Crippen LogP contribution in [0.5, 0.6) is 0 Å². The van der Waals surface area contributed by atoms with Gasteiger partial charge in [-0.2, -0.15) is 0 Å². The van der Waals surface area contributed by atoms with Crippen molar-refractivity contribution in [3.8, 4) is 0 Å². The van der Waals surface area contributed by atoms with E-state index in [-0.39, 0.29) is 29.6 Å². The van der Waals surface area contributed by atoms with E-state index in [0.29, 0.717) is 0 Å². The maximum atomic E-state index is 3.51. The van der Waals surface area contributed by atoms with Crippen molar-refractivity contribution in [2.24, 2.45) is 0 Å². The number of benzene rings is 2. The maximum absolute atomic E-state index is 3.51. The molecule has 0 amide bonds. The summed E-state index contributed by atoms with van der Waals surface area (Å²) in [6.45, 7) is 0. The minimum absolute atomic E-state index is 0. The Balaban J connectivity index is 0.00000161. The third kappa shape index (κ3) is 3.34. The van der Waals surface area contributed by atoms with E-state index < -0.39 is 0 Å². The van der Waals surface area contributed by atoms with Gasteiger partial charge in [-0.05, 0) is 36.4 Å². The van der Waals surface area contributed by atoms with E-state index in [1.165, 1.54) is 32.5 Å². The molecule has 3 rings (SSSR count). The summed E-state index contributed by atoms with van der Waals surface area (Å²) in [6, 6.07) is 13.1. The number of anilines is 4. The van der Waals surface area contributed by atoms with Crippen LogP contribution < -0.4 is 15.1 Å². The molecule has 21 heavy (non-hydrogen) atoms. The van der Waals surface area contributed by atoms with E-state index in [9.17, 15) is 0 Å². The second-order valence-electron chi connectivity index (χ2n) is 5.38. The molecule has 3 nitrogen and oxygen atoms in total. The van der Waals surface area contributed by atoms with Crippen LogP contribution in [0.3, 0.4) is 0 Å². The molecular weight excluding hydrogens is 289 g/mol. The molecule has 0 spiro atoms. The Kier molecular flexibility index (Phi) is 5.15. The van der Waals surface area contributed by atoms with Crippen molar-refractivity contribution >= 4 is 64.1 Å². The zero-order chi connectivity index (χ0) is 14.3. The number of hydrogen-bond donors (Lipinski definition) is 1. The molecule has 0 saturated carbocycles. The van der Waals surface area contributed by atoms with Gasteiger partial charge in [0.2, 0.25) is 0 Å². The van der Waals surface area contributed by atoms with E-state index in [4.69, 9.17) is 0 Å². The normalized spacial score (nSPS) is 11.6. The molecule has 105 valence electrons. The largest absolute Gasteiger partial charge is 0.378 e. The van der Waals surface area contributed by atoms with Crippen LogP contribution in [0.15, 0.2) is 46.2 Å². The zero-order valence-electron chi connectivity index (χ0n) is 13.3. The number of fused-ring (bicyclic) bond motifs is 2. The smallest absolute Gasteiger partial charge is 0.0527 e.